The molecule has 0 aliphatic carbocycles. The molecule has 0 amide bonds. The molecular formula is C23H23NO4. The molecule has 0 bridgehead atoms. The Labute approximate surface area is 163 Å². The summed E-state index contributed by atoms with van der Waals surface area (Å²) in [7, 11) is 1.56. The van der Waals surface area contributed by atoms with Crippen molar-refractivity contribution in [2.75, 3.05) is 7.11 Å². The number of methoxy groups -OCH3 is 1. The summed E-state index contributed by atoms with van der Waals surface area (Å²) in [6, 6.07) is 14.9. The number of aromatic nitrogens is 1. The third-order valence-electron chi connectivity index (χ3n) is 4.95. The van der Waals surface area contributed by atoms with Gasteiger partial charge in [0.1, 0.15) is 5.75 Å². The molecule has 0 saturated heterocycles. The number of allylic oxidation sites excluding steroid dienone is 1. The van der Waals surface area contributed by atoms with E-state index in [0.29, 0.717) is 28.9 Å². The predicted molar refractivity (Wildman–Crippen MR) is 110 cm³/mol. The number of carboxylic acids is 1. The Kier molecular flexibility index (Phi) is 5.64. The number of fused-ring (bicyclic) bond motifs is 1. The summed E-state index contributed by atoms with van der Waals surface area (Å²) < 4.78 is 6.89. The molecule has 1 heterocycles. The number of rotatable bonds is 6. The molecule has 0 radical (unpaired) electrons. The molecule has 0 unspecified atom stereocenters. The molecule has 1 atom stereocenters. The van der Waals surface area contributed by atoms with Gasteiger partial charge in [-0.05, 0) is 48.7 Å². The van der Waals surface area contributed by atoms with E-state index in [1.165, 1.54) is 6.08 Å². The molecule has 2 aromatic carbocycles. The van der Waals surface area contributed by atoms with Gasteiger partial charge in [0.2, 0.25) is 0 Å². The zero-order valence-corrected chi connectivity index (χ0v) is 16.2. The molecule has 1 N–H and O–H groups in total. The van der Waals surface area contributed by atoms with Gasteiger partial charge in [-0.15, -0.1) is 0 Å². The van der Waals surface area contributed by atoms with E-state index < -0.39 is 11.9 Å². The molecule has 28 heavy (non-hydrogen) atoms. The van der Waals surface area contributed by atoms with Crippen LogP contribution in [0.25, 0.3) is 17.0 Å². The monoisotopic (exact) mass is 377 g/mol. The van der Waals surface area contributed by atoms with Crippen molar-refractivity contribution in [1.82, 2.24) is 4.57 Å². The molecule has 3 rings (SSSR count). The fourth-order valence-corrected chi connectivity index (χ4v) is 3.58. The van der Waals surface area contributed by atoms with Gasteiger partial charge < -0.3 is 9.84 Å². The Balaban J connectivity index is 2.17. The van der Waals surface area contributed by atoms with E-state index in [2.05, 4.69) is 0 Å². The average Bonchev–Trinajstić information content (AvgIpc) is 2.98. The Morgan fingerprint density at radius 1 is 1.18 bits per heavy atom. The minimum atomic E-state index is -0.903. The zero-order valence-electron chi connectivity index (χ0n) is 16.2. The molecule has 0 spiro atoms. The first-order valence-electron chi connectivity index (χ1n) is 9.17. The molecule has 0 aliphatic heterocycles. The highest BCUT2D eigenvalue weighted by molar-refractivity contribution is 6.04. The van der Waals surface area contributed by atoms with E-state index in [0.717, 1.165) is 10.9 Å². The molecule has 0 fully saturated rings. The van der Waals surface area contributed by atoms with Crippen molar-refractivity contribution in [2.45, 2.75) is 26.2 Å². The standard InChI is InChI=1S/C23H23NO4/c1-4-18(23(26)27)22-15(2)24(20-12-11-17(28-3)14-19(20)22)21(25)13-10-16-8-6-5-7-9-16/h5-14,18H,4H2,1-3H3,(H,26,27)/t18-/m1/s1. The first-order chi connectivity index (χ1) is 13.5. The van der Waals surface area contributed by atoms with Crippen LogP contribution in [0.4, 0.5) is 0 Å². The van der Waals surface area contributed by atoms with Crippen LogP contribution in [0.1, 0.15) is 40.9 Å². The quantitative estimate of drug-likeness (QED) is 0.621. The van der Waals surface area contributed by atoms with Gasteiger partial charge >= 0.3 is 5.97 Å². The van der Waals surface area contributed by atoms with Crippen molar-refractivity contribution in [3.05, 3.63) is 71.4 Å². The van der Waals surface area contributed by atoms with Crippen LogP contribution in [0.5, 0.6) is 5.75 Å². The third kappa shape index (κ3) is 3.56. The van der Waals surface area contributed by atoms with E-state index in [9.17, 15) is 14.7 Å². The molecule has 1 aromatic heterocycles. The smallest absolute Gasteiger partial charge is 0.311 e. The van der Waals surface area contributed by atoms with Crippen molar-refractivity contribution in [3.8, 4) is 5.75 Å². The first-order valence-corrected chi connectivity index (χ1v) is 9.17. The maximum absolute atomic E-state index is 13.0. The molecule has 0 aliphatic rings. The number of aliphatic carboxylic acids is 1. The molecule has 0 saturated carbocycles. The normalized spacial score (nSPS) is 12.4. The molecule has 5 heteroatoms. The Morgan fingerprint density at radius 2 is 1.89 bits per heavy atom. The zero-order chi connectivity index (χ0) is 20.3. The largest absolute Gasteiger partial charge is 0.497 e. The number of carboxylic acid groups (broad SMARTS) is 1. The van der Waals surface area contributed by atoms with Crippen molar-refractivity contribution in [2.24, 2.45) is 0 Å². The fraction of sp³-hybridized carbons (Fsp3) is 0.217. The van der Waals surface area contributed by atoms with E-state index in [4.69, 9.17) is 4.74 Å². The predicted octanol–water partition coefficient (Wildman–Crippen LogP) is 4.89. The summed E-state index contributed by atoms with van der Waals surface area (Å²) >= 11 is 0. The summed E-state index contributed by atoms with van der Waals surface area (Å²) in [6.45, 7) is 3.63. The van der Waals surface area contributed by atoms with Crippen LogP contribution in [0.3, 0.4) is 0 Å². The van der Waals surface area contributed by atoms with E-state index in [1.807, 2.05) is 37.3 Å². The van der Waals surface area contributed by atoms with Gasteiger partial charge in [0.05, 0.1) is 18.5 Å². The number of benzene rings is 2. The number of nitrogens with zero attached hydrogens (tertiary/aromatic N) is 1. The van der Waals surface area contributed by atoms with Gasteiger partial charge in [0, 0.05) is 17.2 Å². The number of ether oxygens (including phenoxy) is 1. The molecule has 3 aromatic rings. The lowest BCUT2D eigenvalue weighted by Crippen LogP contribution is -2.14. The van der Waals surface area contributed by atoms with Gasteiger partial charge in [-0.2, -0.15) is 0 Å². The summed E-state index contributed by atoms with van der Waals surface area (Å²) in [5.41, 5.74) is 2.89. The van der Waals surface area contributed by atoms with Crippen LogP contribution in [-0.2, 0) is 4.79 Å². The Morgan fingerprint density at radius 3 is 2.50 bits per heavy atom. The van der Waals surface area contributed by atoms with E-state index >= 15 is 0 Å². The fourth-order valence-electron chi connectivity index (χ4n) is 3.58. The van der Waals surface area contributed by atoms with E-state index in [1.54, 1.807) is 42.9 Å². The van der Waals surface area contributed by atoms with Crippen LogP contribution < -0.4 is 4.74 Å². The van der Waals surface area contributed by atoms with Gasteiger partial charge in [-0.3, -0.25) is 14.2 Å². The summed E-state index contributed by atoms with van der Waals surface area (Å²) in [5, 5.41) is 10.4. The van der Waals surface area contributed by atoms with Crippen molar-refractivity contribution in [1.29, 1.82) is 0 Å². The third-order valence-corrected chi connectivity index (χ3v) is 4.95. The molecule has 144 valence electrons. The second-order valence-corrected chi connectivity index (χ2v) is 6.60. The number of carbonyl (C=O) groups is 2. The van der Waals surface area contributed by atoms with Crippen LogP contribution in [0.2, 0.25) is 0 Å². The summed E-state index contributed by atoms with van der Waals surface area (Å²) in [5.74, 6) is -1.19. The Bertz CT molecular complexity index is 1050. The highest BCUT2D eigenvalue weighted by Gasteiger charge is 2.27. The SMILES string of the molecule is CC[C@@H](C(=O)O)c1c(C)n(C(=O)C=Cc2ccccc2)c2ccc(OC)cc12. The number of carbonyl (C=O) groups excluding carboxylic acids is 1. The first kappa shape index (κ1) is 19.4. The molecule has 5 nitrogen and oxygen atoms in total. The highest BCUT2D eigenvalue weighted by Crippen LogP contribution is 2.36. The minimum Gasteiger partial charge on any atom is -0.497 e. The van der Waals surface area contributed by atoms with Crippen molar-refractivity contribution in [3.63, 3.8) is 0 Å². The maximum atomic E-state index is 13.0. The Hall–Kier alpha value is -3.34. The highest BCUT2D eigenvalue weighted by atomic mass is 16.5. The van der Waals surface area contributed by atoms with Crippen LogP contribution in [0, 0.1) is 6.92 Å². The van der Waals surface area contributed by atoms with E-state index in [-0.39, 0.29) is 5.91 Å². The van der Waals surface area contributed by atoms with Crippen LogP contribution in [-0.4, -0.2) is 28.7 Å². The van der Waals surface area contributed by atoms with Gasteiger partial charge in [0.25, 0.3) is 5.91 Å². The number of hydrogen-bond acceptors (Lipinski definition) is 3. The minimum absolute atomic E-state index is 0.219. The second-order valence-electron chi connectivity index (χ2n) is 6.60. The van der Waals surface area contributed by atoms with Crippen molar-refractivity contribution < 1.29 is 19.4 Å². The lowest BCUT2D eigenvalue weighted by Gasteiger charge is -2.11. The lowest BCUT2D eigenvalue weighted by atomic mass is 9.94. The van der Waals surface area contributed by atoms with Gasteiger partial charge in [0.15, 0.2) is 0 Å². The summed E-state index contributed by atoms with van der Waals surface area (Å²) in [4.78, 5) is 24.8. The molecular weight excluding hydrogens is 354 g/mol. The topological polar surface area (TPSA) is 68.5 Å². The van der Waals surface area contributed by atoms with Gasteiger partial charge in [-0.25, -0.2) is 0 Å². The van der Waals surface area contributed by atoms with Crippen molar-refractivity contribution >= 4 is 28.9 Å². The lowest BCUT2D eigenvalue weighted by molar-refractivity contribution is -0.138. The van der Waals surface area contributed by atoms with Crippen LogP contribution in [0.15, 0.2) is 54.6 Å². The van der Waals surface area contributed by atoms with Crippen LogP contribution >= 0.6 is 0 Å². The summed E-state index contributed by atoms with van der Waals surface area (Å²) in [6.07, 6.45) is 3.70. The van der Waals surface area contributed by atoms with Gasteiger partial charge in [-0.1, -0.05) is 37.3 Å². The number of hydrogen-bond donors (Lipinski definition) is 1. The second kappa shape index (κ2) is 8.13. The maximum Gasteiger partial charge on any atom is 0.311 e. The average molecular weight is 377 g/mol.